The van der Waals surface area contributed by atoms with Crippen molar-refractivity contribution in [1.82, 2.24) is 0 Å². The molecule has 0 atom stereocenters. The number of hydrogen-bond donors (Lipinski definition) is 3. The Hall–Kier alpha value is -2.17. The third-order valence-corrected chi connectivity index (χ3v) is 5.76. The molecule has 0 saturated carbocycles. The van der Waals surface area contributed by atoms with E-state index in [0.717, 1.165) is 10.9 Å². The van der Waals surface area contributed by atoms with Gasteiger partial charge in [0.15, 0.2) is 0 Å². The van der Waals surface area contributed by atoms with Crippen LogP contribution in [0.2, 0.25) is 0 Å². The van der Waals surface area contributed by atoms with Crippen molar-refractivity contribution in [3.63, 3.8) is 0 Å². The lowest BCUT2D eigenvalue weighted by Crippen LogP contribution is -2.16. The average molecular weight is 371 g/mol. The third-order valence-electron chi connectivity index (χ3n) is 3.17. The second-order valence-electron chi connectivity index (χ2n) is 5.02. The van der Waals surface area contributed by atoms with E-state index in [2.05, 4.69) is 10.0 Å². The molecule has 8 nitrogen and oxygen atoms in total. The molecule has 0 spiro atoms. The SMILES string of the molecule is Cc1cc(S(=O)(=O)Nc2cc([N+](=O)[O-])ccc2NCCO)c(C)s1. The van der Waals surface area contributed by atoms with Gasteiger partial charge < -0.3 is 10.4 Å². The third kappa shape index (κ3) is 4.02. The first-order chi connectivity index (χ1) is 11.2. The average Bonchev–Trinajstić information content (AvgIpc) is 2.85. The molecule has 10 heteroatoms. The topological polar surface area (TPSA) is 122 Å². The first-order valence-corrected chi connectivity index (χ1v) is 9.27. The molecule has 0 fully saturated rings. The van der Waals surface area contributed by atoms with Crippen LogP contribution >= 0.6 is 11.3 Å². The van der Waals surface area contributed by atoms with Gasteiger partial charge in [0.2, 0.25) is 0 Å². The van der Waals surface area contributed by atoms with E-state index in [1.54, 1.807) is 19.9 Å². The second kappa shape index (κ2) is 7.16. The molecule has 1 aromatic heterocycles. The highest BCUT2D eigenvalue weighted by molar-refractivity contribution is 7.93. The van der Waals surface area contributed by atoms with Crippen LogP contribution in [0.25, 0.3) is 0 Å². The van der Waals surface area contributed by atoms with Crippen LogP contribution in [0.15, 0.2) is 29.2 Å². The van der Waals surface area contributed by atoms with Gasteiger partial charge in [-0.1, -0.05) is 0 Å². The number of thiophene rings is 1. The second-order valence-corrected chi connectivity index (χ2v) is 8.13. The summed E-state index contributed by atoms with van der Waals surface area (Å²) in [6, 6.07) is 5.36. The molecule has 2 aromatic rings. The zero-order valence-corrected chi connectivity index (χ0v) is 14.7. The maximum Gasteiger partial charge on any atom is 0.271 e. The van der Waals surface area contributed by atoms with Crippen molar-refractivity contribution >= 4 is 38.4 Å². The Morgan fingerprint density at radius 2 is 1.96 bits per heavy atom. The van der Waals surface area contributed by atoms with E-state index in [9.17, 15) is 18.5 Å². The largest absolute Gasteiger partial charge is 0.395 e. The zero-order chi connectivity index (χ0) is 17.9. The van der Waals surface area contributed by atoms with E-state index < -0.39 is 14.9 Å². The van der Waals surface area contributed by atoms with Crippen LogP contribution in [0.1, 0.15) is 9.75 Å². The quantitative estimate of drug-likeness (QED) is 0.508. The summed E-state index contributed by atoms with van der Waals surface area (Å²) in [7, 11) is -3.88. The lowest BCUT2D eigenvalue weighted by atomic mass is 10.2. The summed E-state index contributed by atoms with van der Waals surface area (Å²) in [5, 5.41) is 22.7. The molecule has 0 saturated heterocycles. The first kappa shape index (κ1) is 18.2. The molecule has 0 unspecified atom stereocenters. The number of anilines is 2. The van der Waals surface area contributed by atoms with Crippen LogP contribution in [-0.2, 0) is 10.0 Å². The van der Waals surface area contributed by atoms with Gasteiger partial charge in [0.05, 0.1) is 22.9 Å². The van der Waals surface area contributed by atoms with Gasteiger partial charge in [-0.25, -0.2) is 8.42 Å². The summed E-state index contributed by atoms with van der Waals surface area (Å²) in [6.07, 6.45) is 0. The van der Waals surface area contributed by atoms with Crippen LogP contribution in [0.4, 0.5) is 17.1 Å². The smallest absolute Gasteiger partial charge is 0.271 e. The number of aliphatic hydroxyl groups is 1. The minimum absolute atomic E-state index is 0.0564. The highest BCUT2D eigenvalue weighted by Gasteiger charge is 2.22. The lowest BCUT2D eigenvalue weighted by molar-refractivity contribution is -0.384. The van der Waals surface area contributed by atoms with E-state index in [1.165, 1.54) is 23.5 Å². The molecule has 3 N–H and O–H groups in total. The highest BCUT2D eigenvalue weighted by atomic mass is 32.2. The Morgan fingerprint density at radius 3 is 2.50 bits per heavy atom. The molecule has 0 amide bonds. The van der Waals surface area contributed by atoms with Gasteiger partial charge in [0, 0.05) is 28.4 Å². The normalized spacial score (nSPS) is 11.3. The molecular weight excluding hydrogens is 354 g/mol. The molecule has 1 aromatic carbocycles. The molecule has 24 heavy (non-hydrogen) atoms. The van der Waals surface area contributed by atoms with E-state index in [-0.39, 0.29) is 29.4 Å². The van der Waals surface area contributed by atoms with Crippen LogP contribution in [-0.4, -0.2) is 31.6 Å². The van der Waals surface area contributed by atoms with Crippen LogP contribution in [0.3, 0.4) is 0 Å². The minimum atomic E-state index is -3.88. The number of nitrogens with one attached hydrogen (secondary N) is 2. The number of nitro benzene ring substituents is 1. The van der Waals surface area contributed by atoms with E-state index >= 15 is 0 Å². The number of sulfonamides is 1. The summed E-state index contributed by atoms with van der Waals surface area (Å²) >= 11 is 1.36. The fourth-order valence-electron chi connectivity index (χ4n) is 2.15. The van der Waals surface area contributed by atoms with Gasteiger partial charge in [0.25, 0.3) is 15.7 Å². The predicted molar refractivity (Wildman–Crippen MR) is 93.3 cm³/mol. The Morgan fingerprint density at radius 1 is 1.25 bits per heavy atom. The van der Waals surface area contributed by atoms with E-state index in [1.807, 2.05) is 0 Å². The molecular formula is C14H17N3O5S2. The van der Waals surface area contributed by atoms with Gasteiger partial charge >= 0.3 is 0 Å². The Bertz CT molecular complexity index is 861. The van der Waals surface area contributed by atoms with Crippen molar-refractivity contribution in [1.29, 1.82) is 0 Å². The van der Waals surface area contributed by atoms with Crippen molar-refractivity contribution in [3.05, 3.63) is 44.1 Å². The number of hydrogen-bond acceptors (Lipinski definition) is 7. The Labute approximate surface area is 143 Å². The van der Waals surface area contributed by atoms with Gasteiger partial charge in [0.1, 0.15) is 4.90 Å². The first-order valence-electron chi connectivity index (χ1n) is 6.97. The summed E-state index contributed by atoms with van der Waals surface area (Å²) in [4.78, 5) is 12.0. The Balaban J connectivity index is 2.43. The van der Waals surface area contributed by atoms with Gasteiger partial charge in [-0.2, -0.15) is 0 Å². The number of aryl methyl sites for hydroxylation is 2. The molecule has 2 rings (SSSR count). The number of nitro groups is 1. The fourth-order valence-corrected chi connectivity index (χ4v) is 4.78. The van der Waals surface area contributed by atoms with Crippen molar-refractivity contribution in [2.75, 3.05) is 23.2 Å². The maximum absolute atomic E-state index is 12.6. The highest BCUT2D eigenvalue weighted by Crippen LogP contribution is 2.31. The van der Waals surface area contributed by atoms with Crippen LogP contribution in [0.5, 0.6) is 0 Å². The molecule has 0 bridgehead atoms. The molecule has 130 valence electrons. The van der Waals surface area contributed by atoms with Crippen molar-refractivity contribution in [2.45, 2.75) is 18.7 Å². The summed E-state index contributed by atoms with van der Waals surface area (Å²) in [5.74, 6) is 0. The zero-order valence-electron chi connectivity index (χ0n) is 13.1. The van der Waals surface area contributed by atoms with Crippen LogP contribution < -0.4 is 10.0 Å². The minimum Gasteiger partial charge on any atom is -0.395 e. The predicted octanol–water partition coefficient (Wildman–Crippen LogP) is 2.48. The van der Waals surface area contributed by atoms with Gasteiger partial charge in [-0.05, 0) is 26.0 Å². The molecule has 0 radical (unpaired) electrons. The van der Waals surface area contributed by atoms with E-state index in [4.69, 9.17) is 5.11 Å². The van der Waals surface area contributed by atoms with Gasteiger partial charge in [-0.3, -0.25) is 14.8 Å². The number of aliphatic hydroxyl groups excluding tert-OH is 1. The summed E-state index contributed by atoms with van der Waals surface area (Å²) in [5.41, 5.74) is 0.171. The van der Waals surface area contributed by atoms with Crippen molar-refractivity contribution in [2.24, 2.45) is 0 Å². The molecule has 0 aliphatic carbocycles. The number of nitrogens with zero attached hydrogens (tertiary/aromatic N) is 1. The monoisotopic (exact) mass is 371 g/mol. The van der Waals surface area contributed by atoms with Crippen molar-refractivity contribution in [3.8, 4) is 0 Å². The van der Waals surface area contributed by atoms with Crippen LogP contribution in [0, 0.1) is 24.0 Å². The fraction of sp³-hybridized carbons (Fsp3) is 0.286. The number of rotatable bonds is 7. The van der Waals surface area contributed by atoms with E-state index in [0.29, 0.717) is 10.6 Å². The molecule has 0 aliphatic rings. The number of benzene rings is 1. The lowest BCUT2D eigenvalue weighted by Gasteiger charge is -2.13. The summed E-state index contributed by atoms with van der Waals surface area (Å²) < 4.78 is 27.6. The summed E-state index contributed by atoms with van der Waals surface area (Å²) in [6.45, 7) is 3.53. The molecule has 1 heterocycles. The van der Waals surface area contributed by atoms with Gasteiger partial charge in [-0.15, -0.1) is 11.3 Å². The molecule has 0 aliphatic heterocycles. The maximum atomic E-state index is 12.6. The van der Waals surface area contributed by atoms with Crippen molar-refractivity contribution < 1.29 is 18.4 Å². The standard InChI is InChI=1S/C14H17N3O5S2/c1-9-7-14(10(2)23-9)24(21,22)16-13-8-11(17(19)20)3-4-12(13)15-5-6-18/h3-4,7-8,15-16,18H,5-6H2,1-2H3. The Kier molecular flexibility index (Phi) is 5.42. The number of non-ortho nitro benzene ring substituents is 1.